The third-order valence-electron chi connectivity index (χ3n) is 4.67. The van der Waals surface area contributed by atoms with Crippen molar-refractivity contribution in [2.75, 3.05) is 0 Å². The van der Waals surface area contributed by atoms with Crippen molar-refractivity contribution in [3.8, 4) is 23.1 Å². The van der Waals surface area contributed by atoms with Crippen molar-refractivity contribution in [2.24, 2.45) is 7.05 Å². The standard InChI is InChI=1S/C20H20F2N8O/c1-12(2)15-9-30(11-24-15)17-6-7-18(26-25-17)31-10-16-19(27-28-29(16)3)14-5-4-13(8-23-14)20(21)22/h4-9,11-12,20H,10H2,1-3H3. The van der Waals surface area contributed by atoms with E-state index in [2.05, 4.69) is 44.3 Å². The maximum atomic E-state index is 12.8. The number of aromatic nitrogens is 8. The molecular weight excluding hydrogens is 406 g/mol. The van der Waals surface area contributed by atoms with Crippen LogP contribution in [0.5, 0.6) is 5.88 Å². The second-order valence-electron chi connectivity index (χ2n) is 7.16. The van der Waals surface area contributed by atoms with Crippen molar-refractivity contribution in [1.82, 2.24) is 39.7 Å². The first kappa shape index (κ1) is 20.5. The Morgan fingerprint density at radius 3 is 2.48 bits per heavy atom. The van der Waals surface area contributed by atoms with E-state index in [1.54, 1.807) is 34.8 Å². The zero-order valence-electron chi connectivity index (χ0n) is 17.1. The highest BCUT2D eigenvalue weighted by Crippen LogP contribution is 2.23. The molecule has 0 saturated carbocycles. The molecule has 0 fully saturated rings. The molecule has 11 heteroatoms. The fraction of sp³-hybridized carbons (Fsp3) is 0.300. The summed E-state index contributed by atoms with van der Waals surface area (Å²) in [4.78, 5) is 8.42. The van der Waals surface area contributed by atoms with Gasteiger partial charge in [-0.25, -0.2) is 18.4 Å². The van der Waals surface area contributed by atoms with Crippen LogP contribution in [0.25, 0.3) is 17.2 Å². The van der Waals surface area contributed by atoms with Gasteiger partial charge >= 0.3 is 0 Å². The van der Waals surface area contributed by atoms with Crippen molar-refractivity contribution >= 4 is 0 Å². The zero-order chi connectivity index (χ0) is 22.0. The Kier molecular flexibility index (Phi) is 5.65. The van der Waals surface area contributed by atoms with Crippen LogP contribution in [0.3, 0.4) is 0 Å². The van der Waals surface area contributed by atoms with Crippen LogP contribution in [0.15, 0.2) is 43.0 Å². The number of halogens is 2. The van der Waals surface area contributed by atoms with Crippen molar-refractivity contribution < 1.29 is 13.5 Å². The van der Waals surface area contributed by atoms with Gasteiger partial charge in [-0.15, -0.1) is 15.3 Å². The fourth-order valence-corrected chi connectivity index (χ4v) is 2.84. The Hall–Kier alpha value is -3.76. The molecule has 9 nitrogen and oxygen atoms in total. The lowest BCUT2D eigenvalue weighted by Crippen LogP contribution is -2.06. The van der Waals surface area contributed by atoms with E-state index in [9.17, 15) is 8.78 Å². The SMILES string of the molecule is CC(C)c1cn(-c2ccc(OCc3c(-c4ccc(C(F)F)cn4)nnn3C)nn2)cn1. The Morgan fingerprint density at radius 2 is 1.87 bits per heavy atom. The van der Waals surface area contributed by atoms with Crippen LogP contribution in [0, 0.1) is 0 Å². The molecule has 0 radical (unpaired) electrons. The number of aryl methyl sites for hydroxylation is 1. The van der Waals surface area contributed by atoms with Gasteiger partial charge in [-0.05, 0) is 24.1 Å². The van der Waals surface area contributed by atoms with Crippen molar-refractivity contribution in [2.45, 2.75) is 32.8 Å². The van der Waals surface area contributed by atoms with Gasteiger partial charge in [0, 0.05) is 31.1 Å². The summed E-state index contributed by atoms with van der Waals surface area (Å²) in [6.07, 6.45) is 2.16. The first-order valence-electron chi connectivity index (χ1n) is 9.56. The summed E-state index contributed by atoms with van der Waals surface area (Å²) in [5.74, 6) is 1.26. The molecule has 0 saturated heterocycles. The highest BCUT2D eigenvalue weighted by molar-refractivity contribution is 5.56. The summed E-state index contributed by atoms with van der Waals surface area (Å²) < 4.78 is 34.6. The number of hydrogen-bond acceptors (Lipinski definition) is 7. The topological polar surface area (TPSA) is 96.4 Å². The molecule has 0 spiro atoms. The number of imidazole rings is 1. The molecule has 0 N–H and O–H groups in total. The summed E-state index contributed by atoms with van der Waals surface area (Å²) in [6, 6.07) is 6.29. The summed E-state index contributed by atoms with van der Waals surface area (Å²) in [5.41, 5.74) is 2.32. The maximum absolute atomic E-state index is 12.8. The lowest BCUT2D eigenvalue weighted by Gasteiger charge is -2.07. The quantitative estimate of drug-likeness (QED) is 0.446. The number of pyridine rings is 1. The van der Waals surface area contributed by atoms with Crippen LogP contribution in [0.4, 0.5) is 8.78 Å². The maximum Gasteiger partial charge on any atom is 0.265 e. The molecule has 4 aromatic heterocycles. The summed E-state index contributed by atoms with van der Waals surface area (Å²) in [7, 11) is 1.71. The highest BCUT2D eigenvalue weighted by Gasteiger charge is 2.16. The molecule has 160 valence electrons. The van der Waals surface area contributed by atoms with Gasteiger partial charge in [0.05, 0.1) is 11.4 Å². The van der Waals surface area contributed by atoms with Gasteiger partial charge in [-0.3, -0.25) is 9.55 Å². The van der Waals surface area contributed by atoms with Gasteiger partial charge in [0.1, 0.15) is 24.3 Å². The number of nitrogens with zero attached hydrogens (tertiary/aromatic N) is 8. The molecule has 0 unspecified atom stereocenters. The van der Waals surface area contributed by atoms with Crippen LogP contribution in [-0.2, 0) is 13.7 Å². The molecule has 0 atom stereocenters. The number of ether oxygens (including phenoxy) is 1. The molecule has 0 aliphatic rings. The minimum atomic E-state index is -2.58. The predicted octanol–water partition coefficient (Wildman–Crippen LogP) is 3.49. The normalized spacial score (nSPS) is 11.5. The second kappa shape index (κ2) is 8.54. The molecule has 31 heavy (non-hydrogen) atoms. The highest BCUT2D eigenvalue weighted by atomic mass is 19.3. The van der Waals surface area contributed by atoms with Crippen LogP contribution in [0.2, 0.25) is 0 Å². The molecule has 0 aromatic carbocycles. The molecule has 0 bridgehead atoms. The molecule has 4 heterocycles. The largest absolute Gasteiger partial charge is 0.470 e. The van der Waals surface area contributed by atoms with E-state index in [0.29, 0.717) is 34.7 Å². The number of hydrogen-bond donors (Lipinski definition) is 0. The van der Waals surface area contributed by atoms with Crippen LogP contribution >= 0.6 is 0 Å². The molecule has 0 aliphatic heterocycles. The van der Waals surface area contributed by atoms with Crippen molar-refractivity contribution in [3.63, 3.8) is 0 Å². The molecule has 0 amide bonds. The van der Waals surface area contributed by atoms with Crippen LogP contribution in [-0.4, -0.2) is 39.7 Å². The van der Waals surface area contributed by atoms with E-state index < -0.39 is 6.43 Å². The van der Waals surface area contributed by atoms with E-state index in [1.165, 1.54) is 12.1 Å². The van der Waals surface area contributed by atoms with E-state index in [-0.39, 0.29) is 12.2 Å². The third-order valence-corrected chi connectivity index (χ3v) is 4.67. The first-order chi connectivity index (χ1) is 14.9. The monoisotopic (exact) mass is 426 g/mol. The summed E-state index contributed by atoms with van der Waals surface area (Å²) >= 11 is 0. The smallest absolute Gasteiger partial charge is 0.265 e. The Labute approximate surface area is 176 Å². The lowest BCUT2D eigenvalue weighted by atomic mass is 10.2. The average molecular weight is 426 g/mol. The average Bonchev–Trinajstić information content (AvgIpc) is 3.40. The van der Waals surface area contributed by atoms with Gasteiger partial charge in [0.25, 0.3) is 6.43 Å². The Morgan fingerprint density at radius 1 is 1.03 bits per heavy atom. The second-order valence-corrected chi connectivity index (χ2v) is 7.16. The number of rotatable bonds is 7. The van der Waals surface area contributed by atoms with E-state index in [1.807, 2.05) is 6.20 Å². The molecular formula is C20H20F2N8O. The molecule has 4 aromatic rings. The Bertz CT molecular complexity index is 1150. The molecule has 0 aliphatic carbocycles. The fourth-order valence-electron chi connectivity index (χ4n) is 2.84. The summed E-state index contributed by atoms with van der Waals surface area (Å²) in [6.45, 7) is 4.24. The number of alkyl halides is 2. The zero-order valence-corrected chi connectivity index (χ0v) is 17.1. The molecule has 4 rings (SSSR count). The van der Waals surface area contributed by atoms with Gasteiger partial charge < -0.3 is 4.74 Å². The summed E-state index contributed by atoms with van der Waals surface area (Å²) in [5, 5.41) is 16.3. The third kappa shape index (κ3) is 4.39. The van der Waals surface area contributed by atoms with Gasteiger partial charge in [-0.1, -0.05) is 19.1 Å². The lowest BCUT2D eigenvalue weighted by molar-refractivity contribution is 0.151. The first-order valence-corrected chi connectivity index (χ1v) is 9.56. The van der Waals surface area contributed by atoms with Crippen molar-refractivity contribution in [1.29, 1.82) is 0 Å². The predicted molar refractivity (Wildman–Crippen MR) is 107 cm³/mol. The Balaban J connectivity index is 1.47. The van der Waals surface area contributed by atoms with E-state index in [0.717, 1.165) is 11.9 Å². The minimum absolute atomic E-state index is 0.105. The van der Waals surface area contributed by atoms with Crippen molar-refractivity contribution in [3.05, 3.63) is 59.9 Å². The van der Waals surface area contributed by atoms with Crippen LogP contribution < -0.4 is 4.74 Å². The minimum Gasteiger partial charge on any atom is -0.470 e. The van der Waals surface area contributed by atoms with E-state index in [4.69, 9.17) is 4.74 Å². The van der Waals surface area contributed by atoms with Crippen LogP contribution in [0.1, 0.15) is 43.1 Å². The van der Waals surface area contributed by atoms with E-state index >= 15 is 0 Å². The van der Waals surface area contributed by atoms with Gasteiger partial charge in [-0.2, -0.15) is 0 Å². The van der Waals surface area contributed by atoms with Gasteiger partial charge in [0.15, 0.2) is 5.82 Å². The van der Waals surface area contributed by atoms with Gasteiger partial charge in [0.2, 0.25) is 5.88 Å².